The van der Waals surface area contributed by atoms with E-state index in [4.69, 9.17) is 23.6 Å². The molecule has 1 saturated heterocycles. The van der Waals surface area contributed by atoms with Crippen molar-refractivity contribution in [3.63, 3.8) is 0 Å². The fourth-order valence-corrected chi connectivity index (χ4v) is 6.13. The molecule has 2 aromatic heterocycles. The molecule has 3 aromatic rings. The van der Waals surface area contributed by atoms with Crippen LogP contribution in [0.5, 0.6) is 5.75 Å². The number of carbonyl (C=O) groups is 1. The Labute approximate surface area is 254 Å². The van der Waals surface area contributed by atoms with Crippen molar-refractivity contribution in [2.45, 2.75) is 71.7 Å². The molecule has 0 radical (unpaired) electrons. The summed E-state index contributed by atoms with van der Waals surface area (Å²) >= 11 is 0. The first-order valence-electron chi connectivity index (χ1n) is 13.1. The number of hydrogen-bond donors (Lipinski definition) is 3. The summed E-state index contributed by atoms with van der Waals surface area (Å²) in [4.78, 5) is 34.8. The molecule has 0 bridgehead atoms. The van der Waals surface area contributed by atoms with Gasteiger partial charge in [-0.05, 0) is 74.1 Å². The number of benzene rings is 1. The van der Waals surface area contributed by atoms with Gasteiger partial charge in [0.15, 0.2) is 0 Å². The Morgan fingerprint density at radius 2 is 1.78 bits per heavy atom. The second-order valence-corrected chi connectivity index (χ2v) is 11.1. The van der Waals surface area contributed by atoms with E-state index in [2.05, 4.69) is 44.7 Å². The molecule has 0 amide bonds. The highest BCUT2D eigenvalue weighted by Crippen LogP contribution is 2.44. The Bertz CT molecular complexity index is 1150. The van der Waals surface area contributed by atoms with Gasteiger partial charge in [-0.1, -0.05) is 41.4 Å². The number of para-hydroxylation sites is 1. The van der Waals surface area contributed by atoms with Crippen LogP contribution >= 0.6 is 46.2 Å². The number of aromatic nitrogens is 3. The van der Waals surface area contributed by atoms with Crippen molar-refractivity contribution in [3.05, 3.63) is 54.6 Å². The van der Waals surface area contributed by atoms with Gasteiger partial charge in [-0.15, -0.1) is 0 Å². The van der Waals surface area contributed by atoms with Crippen molar-refractivity contribution >= 4 is 63.2 Å². The van der Waals surface area contributed by atoms with Gasteiger partial charge in [-0.3, -0.25) is 9.46 Å². The van der Waals surface area contributed by atoms with E-state index in [0.29, 0.717) is 12.4 Å². The molecule has 3 N–H and O–H groups in total. The van der Waals surface area contributed by atoms with Gasteiger partial charge < -0.3 is 27.9 Å². The van der Waals surface area contributed by atoms with Crippen LogP contribution in [0.1, 0.15) is 59.1 Å². The first-order valence-corrected chi connectivity index (χ1v) is 16.3. The topological polar surface area (TPSA) is 131 Å². The fraction of sp³-hybridized carbons (Fsp3) is 0.480. The molecule has 0 spiro atoms. The van der Waals surface area contributed by atoms with Gasteiger partial charge in [0.1, 0.15) is 18.1 Å². The smallest absolute Gasteiger partial charge is 0.323 e. The molecule has 41 heavy (non-hydrogen) atoms. The number of fused-ring (bicyclic) bond motifs is 1. The first kappa shape index (κ1) is 38.1. The van der Waals surface area contributed by atoms with Crippen LogP contribution in [0.2, 0.25) is 0 Å². The predicted octanol–water partition coefficient (Wildman–Crippen LogP) is 5.18. The summed E-state index contributed by atoms with van der Waals surface area (Å²) in [5.74, 6) is 0.340. The molecule has 1 aliphatic rings. The lowest BCUT2D eigenvalue weighted by atomic mass is 10.1. The number of esters is 1. The first-order chi connectivity index (χ1) is 19.8. The van der Waals surface area contributed by atoms with Crippen molar-refractivity contribution < 1.29 is 28.4 Å². The summed E-state index contributed by atoms with van der Waals surface area (Å²) < 4.78 is 21.9. The largest absolute Gasteiger partial charge is 0.462 e. The molecule has 1 aliphatic heterocycles. The number of nitrogens with zero attached hydrogens (tertiary/aromatic N) is 4. The lowest BCUT2D eigenvalue weighted by molar-refractivity contribution is -0.149. The molecular weight excluding hydrogens is 621 g/mol. The van der Waals surface area contributed by atoms with Crippen molar-refractivity contribution in [3.8, 4) is 5.75 Å². The number of hydrogen-bond acceptors (Lipinski definition) is 10. The van der Waals surface area contributed by atoms with Crippen LogP contribution < -0.4 is 9.61 Å². The molecular formula is C25H44N5O6P5. The van der Waals surface area contributed by atoms with Gasteiger partial charge in [0.2, 0.25) is 0 Å². The van der Waals surface area contributed by atoms with Crippen LogP contribution in [0.3, 0.4) is 0 Å². The second kappa shape index (κ2) is 20.9. The van der Waals surface area contributed by atoms with E-state index in [1.165, 1.54) is 24.5 Å². The molecule has 230 valence electrons. The van der Waals surface area contributed by atoms with Crippen molar-refractivity contribution in [1.82, 2.24) is 24.1 Å². The maximum Gasteiger partial charge on any atom is 0.323 e. The van der Waals surface area contributed by atoms with Gasteiger partial charge in [-0.2, -0.15) is 0 Å². The van der Waals surface area contributed by atoms with E-state index in [-0.39, 0.29) is 24.2 Å². The molecule has 8 unspecified atom stereocenters. The molecule has 1 fully saturated rings. The molecule has 0 aliphatic carbocycles. The lowest BCUT2D eigenvalue weighted by Crippen LogP contribution is -2.35. The minimum absolute atomic E-state index is 0.166. The van der Waals surface area contributed by atoms with Crippen molar-refractivity contribution in [1.29, 1.82) is 0 Å². The highest BCUT2D eigenvalue weighted by molar-refractivity contribution is 7.45. The third-order valence-corrected chi connectivity index (χ3v) is 8.32. The van der Waals surface area contributed by atoms with Gasteiger partial charge in [-0.25, -0.2) is 15.1 Å². The Kier molecular flexibility index (Phi) is 19.4. The molecule has 3 heterocycles. The minimum atomic E-state index is -1.58. The monoisotopic (exact) mass is 665 g/mol. The average Bonchev–Trinajstić information content (AvgIpc) is 3.53. The Balaban J connectivity index is 0.00000131. The normalized spacial score (nSPS) is 17.8. The zero-order chi connectivity index (χ0) is 30.9. The third-order valence-electron chi connectivity index (χ3n) is 5.76. The van der Waals surface area contributed by atoms with Gasteiger partial charge in [0.05, 0.1) is 29.9 Å². The fourth-order valence-electron chi connectivity index (χ4n) is 4.01. The number of ether oxygens (including phenoxy) is 1. The number of carbonyl (C=O) groups excluding carboxylic acids is 1. The van der Waals surface area contributed by atoms with Crippen LogP contribution in [-0.2, 0) is 14.1 Å². The number of nitrogens with one attached hydrogen (secondary N) is 1. The zero-order valence-electron chi connectivity index (χ0n) is 24.1. The molecule has 11 nitrogen and oxygen atoms in total. The number of rotatable bonds is 10. The summed E-state index contributed by atoms with van der Waals surface area (Å²) in [6.07, 6.45) is 7.27. The highest BCUT2D eigenvalue weighted by Gasteiger charge is 2.35. The lowest BCUT2D eigenvalue weighted by Gasteiger charge is -2.27. The molecule has 4 rings (SSSR count). The summed E-state index contributed by atoms with van der Waals surface area (Å²) in [6.45, 7) is 9.86. The summed E-state index contributed by atoms with van der Waals surface area (Å²) in [6, 6.07) is 9.25. The van der Waals surface area contributed by atoms with Crippen molar-refractivity contribution in [2.75, 3.05) is 6.61 Å². The Morgan fingerprint density at radius 3 is 2.41 bits per heavy atom. The third kappa shape index (κ3) is 11.6. The quantitative estimate of drug-likeness (QED) is 0.197. The van der Waals surface area contributed by atoms with E-state index < -0.39 is 14.6 Å². The molecule has 0 saturated carbocycles. The van der Waals surface area contributed by atoms with Crippen LogP contribution in [0.15, 0.2) is 49.1 Å². The Hall–Kier alpha value is -0.940. The maximum absolute atomic E-state index is 12.4. The van der Waals surface area contributed by atoms with E-state index in [1.807, 2.05) is 68.6 Å². The van der Waals surface area contributed by atoms with Crippen LogP contribution in [0.4, 0.5) is 0 Å². The summed E-state index contributed by atoms with van der Waals surface area (Å²) in [5, 5.41) is 3.18. The minimum Gasteiger partial charge on any atom is -0.462 e. The van der Waals surface area contributed by atoms with Gasteiger partial charge in [0, 0.05) is 23.8 Å². The zero-order valence-corrected chi connectivity index (χ0v) is 29.6. The van der Waals surface area contributed by atoms with Crippen LogP contribution in [-0.4, -0.2) is 59.5 Å². The molecule has 16 heteroatoms. The second-order valence-electron chi connectivity index (χ2n) is 8.74. The summed E-state index contributed by atoms with van der Waals surface area (Å²) in [7, 11) is 6.82. The summed E-state index contributed by atoms with van der Waals surface area (Å²) in [5.41, 5.74) is 3.11. The van der Waals surface area contributed by atoms with Gasteiger partial charge in [0.25, 0.3) is 0 Å². The van der Waals surface area contributed by atoms with Crippen molar-refractivity contribution in [2.24, 2.45) is 0 Å². The van der Waals surface area contributed by atoms with Crippen LogP contribution in [0.25, 0.3) is 11.0 Å². The van der Waals surface area contributed by atoms with E-state index in [9.17, 15) is 4.79 Å². The predicted molar refractivity (Wildman–Crippen MR) is 179 cm³/mol. The van der Waals surface area contributed by atoms with Crippen LogP contribution in [0, 0.1) is 0 Å². The Morgan fingerprint density at radius 1 is 1.12 bits per heavy atom. The molecule has 1 aromatic carbocycles. The van der Waals surface area contributed by atoms with E-state index in [1.54, 1.807) is 13.3 Å². The van der Waals surface area contributed by atoms with Gasteiger partial charge >= 0.3 is 14.5 Å². The standard InChI is InChI=1S/C23H32N5O4P3.C2H6.2H3OP/c1-15(2)31-23(29)16(3)26-35(32-18-7-5-4-6-8-18)30-13-17-9-10-20(28(17)34)19-12-27(33)21-11-24-14-25-22(19)21;3*1-2/h4-8,11-12,14-17,20,26H,9-10,13,33-34H2,1-3H3;1-2H3;2*1H,2H2. The van der Waals surface area contributed by atoms with E-state index in [0.717, 1.165) is 23.9 Å². The molecule has 8 atom stereocenters. The van der Waals surface area contributed by atoms with E-state index >= 15 is 0 Å². The maximum atomic E-state index is 12.4. The average molecular weight is 666 g/mol. The SMILES string of the molecule is CC.CC(C)OC(=O)C(C)NP(OCC1CCC(c2cn(P)c3cncnc23)N1P)Oc1ccccc1.OP.OP. The highest BCUT2D eigenvalue weighted by atomic mass is 31.2.